The van der Waals surface area contributed by atoms with Crippen LogP contribution in [0.4, 0.5) is 0 Å². The number of carboxylic acids is 1. The van der Waals surface area contributed by atoms with Gasteiger partial charge < -0.3 is 5.11 Å². The van der Waals surface area contributed by atoms with Crippen molar-refractivity contribution in [1.82, 2.24) is 0 Å². The molecule has 0 aliphatic rings. The third-order valence-corrected chi connectivity index (χ3v) is 5.16. The predicted molar refractivity (Wildman–Crippen MR) is 65.2 cm³/mol. The minimum Gasteiger partial charge on any atom is -0.477 e. The Kier molecular flexibility index (Phi) is 3.45. The first kappa shape index (κ1) is 10.7. The van der Waals surface area contributed by atoms with E-state index in [0.717, 1.165) is 10.6 Å². The van der Waals surface area contributed by atoms with Crippen molar-refractivity contribution in [3.63, 3.8) is 0 Å². The maximum absolute atomic E-state index is 10.7. The first-order valence-corrected chi connectivity index (χ1v) is 6.92. The van der Waals surface area contributed by atoms with E-state index in [1.807, 2.05) is 17.5 Å². The van der Waals surface area contributed by atoms with Gasteiger partial charge in [-0.1, -0.05) is 6.07 Å². The molecule has 0 atom stereocenters. The Morgan fingerprint density at radius 2 is 2.27 bits per heavy atom. The minimum atomic E-state index is -0.840. The highest BCUT2D eigenvalue weighted by Gasteiger charge is 2.07. The average molecular weight is 256 g/mol. The molecule has 0 saturated carbocycles. The lowest BCUT2D eigenvalue weighted by molar-refractivity contribution is 0.0702. The van der Waals surface area contributed by atoms with Crippen LogP contribution in [0.3, 0.4) is 0 Å². The van der Waals surface area contributed by atoms with Gasteiger partial charge in [0.2, 0.25) is 0 Å². The zero-order valence-corrected chi connectivity index (χ0v) is 10.1. The summed E-state index contributed by atoms with van der Waals surface area (Å²) < 4.78 is 1.26. The molecule has 2 nitrogen and oxygen atoms in total. The molecule has 0 aliphatic heterocycles. The number of thiophene rings is 2. The molecule has 0 spiro atoms. The molecule has 2 aromatic heterocycles. The van der Waals surface area contributed by atoms with Crippen LogP contribution < -0.4 is 0 Å². The molecule has 0 bridgehead atoms. The van der Waals surface area contributed by atoms with E-state index in [1.54, 1.807) is 29.2 Å². The van der Waals surface area contributed by atoms with Crippen LogP contribution in [0.25, 0.3) is 0 Å². The topological polar surface area (TPSA) is 37.3 Å². The molecule has 0 amide bonds. The molecule has 2 aromatic rings. The molecule has 78 valence electrons. The summed E-state index contributed by atoms with van der Waals surface area (Å²) in [5.74, 6) is 0.00530. The third kappa shape index (κ3) is 2.84. The van der Waals surface area contributed by atoms with Crippen LogP contribution >= 0.6 is 34.4 Å². The van der Waals surface area contributed by atoms with E-state index in [4.69, 9.17) is 5.11 Å². The fourth-order valence-corrected chi connectivity index (χ4v) is 3.73. The van der Waals surface area contributed by atoms with Crippen LogP contribution in [0, 0.1) is 0 Å². The zero-order chi connectivity index (χ0) is 10.7. The predicted octanol–water partition coefficient (Wildman–Crippen LogP) is 3.80. The molecular weight excluding hydrogens is 248 g/mol. The Hall–Kier alpha value is -0.780. The van der Waals surface area contributed by atoms with Gasteiger partial charge >= 0.3 is 5.97 Å². The van der Waals surface area contributed by atoms with Crippen molar-refractivity contribution in [2.45, 2.75) is 9.96 Å². The molecule has 5 heteroatoms. The van der Waals surface area contributed by atoms with Gasteiger partial charge in [-0.15, -0.1) is 34.4 Å². The molecule has 0 saturated heterocycles. The van der Waals surface area contributed by atoms with Crippen LogP contribution in [-0.2, 0) is 5.75 Å². The van der Waals surface area contributed by atoms with E-state index in [0.29, 0.717) is 4.88 Å². The van der Waals surface area contributed by atoms with Crippen molar-refractivity contribution < 1.29 is 9.90 Å². The van der Waals surface area contributed by atoms with Crippen molar-refractivity contribution in [2.75, 3.05) is 0 Å². The van der Waals surface area contributed by atoms with Crippen molar-refractivity contribution in [2.24, 2.45) is 0 Å². The lowest BCUT2D eigenvalue weighted by Gasteiger charge is -1.93. The highest BCUT2D eigenvalue weighted by molar-refractivity contribution is 8.00. The van der Waals surface area contributed by atoms with Gasteiger partial charge in [-0.05, 0) is 23.6 Å². The lowest BCUT2D eigenvalue weighted by atomic mass is 10.4. The van der Waals surface area contributed by atoms with Crippen molar-refractivity contribution in [3.05, 3.63) is 39.4 Å². The SMILES string of the molecule is O=C(O)c1ccc(CSc2cccs2)s1. The van der Waals surface area contributed by atoms with Gasteiger partial charge in [-0.3, -0.25) is 0 Å². The Morgan fingerprint density at radius 1 is 1.40 bits per heavy atom. The van der Waals surface area contributed by atoms with Gasteiger partial charge in [-0.2, -0.15) is 0 Å². The number of carboxylic acid groups (broad SMARTS) is 1. The van der Waals surface area contributed by atoms with Crippen molar-refractivity contribution >= 4 is 40.4 Å². The number of aromatic carboxylic acids is 1. The second-order valence-corrected chi connectivity index (χ2v) is 6.18. The number of rotatable bonds is 4. The molecule has 15 heavy (non-hydrogen) atoms. The molecule has 0 radical (unpaired) electrons. The van der Waals surface area contributed by atoms with Gasteiger partial charge in [-0.25, -0.2) is 4.79 Å². The minimum absolute atomic E-state index is 0.414. The van der Waals surface area contributed by atoms with Crippen LogP contribution in [0.5, 0.6) is 0 Å². The number of thioether (sulfide) groups is 1. The maximum Gasteiger partial charge on any atom is 0.345 e. The van der Waals surface area contributed by atoms with Crippen LogP contribution in [0.15, 0.2) is 33.9 Å². The Balaban J connectivity index is 1.96. The fraction of sp³-hybridized carbons (Fsp3) is 0.100. The summed E-state index contributed by atoms with van der Waals surface area (Å²) in [4.78, 5) is 12.2. The van der Waals surface area contributed by atoms with E-state index in [1.165, 1.54) is 15.5 Å². The zero-order valence-electron chi connectivity index (χ0n) is 7.67. The highest BCUT2D eigenvalue weighted by atomic mass is 32.2. The molecule has 0 unspecified atom stereocenters. The quantitative estimate of drug-likeness (QED) is 0.845. The fourth-order valence-electron chi connectivity index (χ4n) is 1.06. The van der Waals surface area contributed by atoms with E-state index >= 15 is 0 Å². The van der Waals surface area contributed by atoms with Crippen LogP contribution in [-0.4, -0.2) is 11.1 Å². The maximum atomic E-state index is 10.7. The molecule has 0 fully saturated rings. The Morgan fingerprint density at radius 3 is 2.87 bits per heavy atom. The monoisotopic (exact) mass is 256 g/mol. The van der Waals surface area contributed by atoms with Crippen molar-refractivity contribution in [1.29, 1.82) is 0 Å². The molecule has 2 rings (SSSR count). The summed E-state index contributed by atoms with van der Waals surface area (Å²) in [6, 6.07) is 7.64. The average Bonchev–Trinajstić information content (AvgIpc) is 2.86. The summed E-state index contributed by atoms with van der Waals surface area (Å²) in [5.41, 5.74) is 0. The first-order chi connectivity index (χ1) is 7.25. The van der Waals surface area contributed by atoms with E-state index in [-0.39, 0.29) is 0 Å². The van der Waals surface area contributed by atoms with Crippen LogP contribution in [0.2, 0.25) is 0 Å². The third-order valence-electron chi connectivity index (χ3n) is 1.72. The second kappa shape index (κ2) is 4.83. The summed E-state index contributed by atoms with van der Waals surface area (Å²) >= 11 is 4.79. The number of hydrogen-bond donors (Lipinski definition) is 1. The standard InChI is InChI=1S/C10H8O2S3/c11-10(12)8-4-3-7(15-8)6-14-9-2-1-5-13-9/h1-5H,6H2,(H,11,12). The van der Waals surface area contributed by atoms with E-state index in [2.05, 4.69) is 6.07 Å². The molecular formula is C10H8O2S3. The number of hydrogen-bond acceptors (Lipinski definition) is 4. The van der Waals surface area contributed by atoms with Crippen LogP contribution in [0.1, 0.15) is 14.5 Å². The summed E-state index contributed by atoms with van der Waals surface area (Å²) in [7, 11) is 0. The molecule has 2 heterocycles. The van der Waals surface area contributed by atoms with Gasteiger partial charge in [0.05, 0.1) is 4.21 Å². The normalized spacial score (nSPS) is 10.4. The second-order valence-electron chi connectivity index (χ2n) is 2.79. The molecule has 0 aliphatic carbocycles. The van der Waals surface area contributed by atoms with E-state index in [9.17, 15) is 4.79 Å². The van der Waals surface area contributed by atoms with Crippen molar-refractivity contribution in [3.8, 4) is 0 Å². The Labute approximate surface area is 99.6 Å². The molecule has 1 N–H and O–H groups in total. The summed E-state index contributed by atoms with van der Waals surface area (Å²) in [5, 5.41) is 10.8. The van der Waals surface area contributed by atoms with Gasteiger partial charge in [0, 0.05) is 10.6 Å². The van der Waals surface area contributed by atoms with E-state index < -0.39 is 5.97 Å². The summed E-state index contributed by atoms with van der Waals surface area (Å²) in [6.45, 7) is 0. The summed E-state index contributed by atoms with van der Waals surface area (Å²) in [6.07, 6.45) is 0. The van der Waals surface area contributed by atoms with Gasteiger partial charge in [0.25, 0.3) is 0 Å². The first-order valence-electron chi connectivity index (χ1n) is 4.24. The highest BCUT2D eigenvalue weighted by Crippen LogP contribution is 2.29. The number of carbonyl (C=O) groups is 1. The van der Waals surface area contributed by atoms with Gasteiger partial charge in [0.15, 0.2) is 0 Å². The Bertz CT molecular complexity index is 445. The largest absolute Gasteiger partial charge is 0.477 e. The van der Waals surface area contributed by atoms with Gasteiger partial charge in [0.1, 0.15) is 4.88 Å². The lowest BCUT2D eigenvalue weighted by Crippen LogP contribution is -1.89. The molecule has 0 aromatic carbocycles. The smallest absolute Gasteiger partial charge is 0.345 e.